The summed E-state index contributed by atoms with van der Waals surface area (Å²) < 4.78 is 16.3. The summed E-state index contributed by atoms with van der Waals surface area (Å²) in [5, 5.41) is 7.73. The number of rotatable bonds is 7. The molecule has 1 aliphatic rings. The Balaban J connectivity index is 1.96. The van der Waals surface area contributed by atoms with Crippen molar-refractivity contribution in [3.63, 3.8) is 0 Å². The molecule has 0 radical (unpaired) electrons. The SMILES string of the molecule is Cc1cccc(-n2nc(C(C)(C)C)c3c2N(CC(=O)NCCN(C)C)C(=O)CS[C@H]3c2cccc(F)c2)c1C. The molecule has 4 rings (SSSR count). The zero-order valence-electron chi connectivity index (χ0n) is 23.8. The van der Waals surface area contributed by atoms with Gasteiger partial charge < -0.3 is 10.2 Å². The summed E-state index contributed by atoms with van der Waals surface area (Å²) in [5.41, 5.74) is 5.00. The Bertz CT molecular complexity index is 1380. The van der Waals surface area contributed by atoms with Crippen LogP contribution in [-0.4, -0.2) is 66.0 Å². The summed E-state index contributed by atoms with van der Waals surface area (Å²) in [7, 11) is 3.88. The maximum absolute atomic E-state index is 14.4. The van der Waals surface area contributed by atoms with Crippen LogP contribution in [-0.2, 0) is 15.0 Å². The summed E-state index contributed by atoms with van der Waals surface area (Å²) in [6.45, 7) is 11.4. The van der Waals surface area contributed by atoms with Crippen molar-refractivity contribution in [1.82, 2.24) is 20.0 Å². The van der Waals surface area contributed by atoms with Crippen LogP contribution in [0.3, 0.4) is 0 Å². The quantitative estimate of drug-likeness (QED) is 0.458. The van der Waals surface area contributed by atoms with Crippen LogP contribution < -0.4 is 10.2 Å². The van der Waals surface area contributed by atoms with Gasteiger partial charge in [0.15, 0.2) is 0 Å². The second kappa shape index (κ2) is 11.5. The number of hydrogen-bond acceptors (Lipinski definition) is 5. The number of anilines is 1. The lowest BCUT2D eigenvalue weighted by molar-refractivity contribution is -0.122. The highest BCUT2D eigenvalue weighted by Crippen LogP contribution is 2.48. The number of halogens is 1. The van der Waals surface area contributed by atoms with Crippen LogP contribution in [0.2, 0.25) is 0 Å². The molecule has 0 saturated heterocycles. The van der Waals surface area contributed by atoms with E-state index in [2.05, 4.69) is 26.1 Å². The molecule has 0 aliphatic carbocycles. The summed E-state index contributed by atoms with van der Waals surface area (Å²) >= 11 is 1.45. The molecule has 7 nitrogen and oxygen atoms in total. The predicted molar refractivity (Wildman–Crippen MR) is 156 cm³/mol. The second-order valence-corrected chi connectivity index (χ2v) is 12.4. The molecule has 0 saturated carbocycles. The molecule has 1 atom stereocenters. The molecule has 3 aromatic rings. The topological polar surface area (TPSA) is 70.5 Å². The Labute approximate surface area is 234 Å². The van der Waals surface area contributed by atoms with Gasteiger partial charge in [-0.15, -0.1) is 11.8 Å². The Morgan fingerprint density at radius 3 is 2.56 bits per heavy atom. The predicted octanol–water partition coefficient (Wildman–Crippen LogP) is 4.77. The minimum absolute atomic E-state index is 0.129. The first-order chi connectivity index (χ1) is 18.4. The highest BCUT2D eigenvalue weighted by Gasteiger charge is 2.40. The fraction of sp³-hybridized carbons (Fsp3) is 0.433. The number of nitrogens with one attached hydrogen (secondary N) is 1. The van der Waals surface area contributed by atoms with Crippen molar-refractivity contribution in [2.45, 2.75) is 45.3 Å². The first-order valence-electron chi connectivity index (χ1n) is 13.2. The van der Waals surface area contributed by atoms with E-state index >= 15 is 0 Å². The monoisotopic (exact) mass is 551 g/mol. The third-order valence-corrected chi connectivity index (χ3v) is 8.19. The molecule has 2 aromatic carbocycles. The lowest BCUT2D eigenvalue weighted by Crippen LogP contribution is -2.43. The largest absolute Gasteiger partial charge is 0.353 e. The molecule has 0 fully saturated rings. The zero-order valence-corrected chi connectivity index (χ0v) is 24.7. The number of likely N-dealkylation sites (N-methyl/N-ethyl adjacent to an activating group) is 1. The number of nitrogens with zero attached hydrogens (tertiary/aromatic N) is 4. The van der Waals surface area contributed by atoms with E-state index in [0.29, 0.717) is 18.9 Å². The van der Waals surface area contributed by atoms with Gasteiger partial charge in [-0.25, -0.2) is 9.07 Å². The van der Waals surface area contributed by atoms with Crippen LogP contribution in [0.5, 0.6) is 0 Å². The zero-order chi connectivity index (χ0) is 28.5. The van der Waals surface area contributed by atoms with E-state index in [0.717, 1.165) is 33.6 Å². The Morgan fingerprint density at radius 2 is 1.90 bits per heavy atom. The van der Waals surface area contributed by atoms with E-state index in [1.165, 1.54) is 23.9 Å². The molecule has 2 amide bonds. The van der Waals surface area contributed by atoms with Crippen molar-refractivity contribution in [2.24, 2.45) is 0 Å². The maximum atomic E-state index is 14.4. The van der Waals surface area contributed by atoms with Crippen LogP contribution in [0, 0.1) is 19.7 Å². The third-order valence-electron chi connectivity index (χ3n) is 6.94. The fourth-order valence-corrected chi connectivity index (χ4v) is 5.95. The van der Waals surface area contributed by atoms with Crippen molar-refractivity contribution >= 4 is 29.4 Å². The summed E-state index contributed by atoms with van der Waals surface area (Å²) in [6.07, 6.45) is 0. The van der Waals surface area contributed by atoms with Gasteiger partial charge >= 0.3 is 0 Å². The van der Waals surface area contributed by atoms with E-state index in [9.17, 15) is 14.0 Å². The molecular formula is C30H38FN5O2S. The lowest BCUT2D eigenvalue weighted by Gasteiger charge is -2.25. The standard InChI is InChI=1S/C30H38FN5O2S/c1-19-10-8-13-23(20(19)2)36-29-26(28(33-36)30(3,4)5)27(21-11-9-12-22(31)16-21)39-18-25(38)35(29)17-24(37)32-14-15-34(6)7/h8-13,16,27H,14-15,17-18H2,1-7H3,(H,32,37)/t27-/m0/s1. The normalized spacial score (nSPS) is 15.9. The van der Waals surface area contributed by atoms with Gasteiger partial charge in [0.05, 0.1) is 22.4 Å². The van der Waals surface area contributed by atoms with Crippen LogP contribution >= 0.6 is 11.8 Å². The average molecular weight is 552 g/mol. The number of carbonyl (C=O) groups excluding carboxylic acids is 2. The molecule has 1 aromatic heterocycles. The molecule has 39 heavy (non-hydrogen) atoms. The van der Waals surface area contributed by atoms with Gasteiger partial charge in [-0.2, -0.15) is 5.10 Å². The van der Waals surface area contributed by atoms with E-state index in [-0.39, 0.29) is 40.6 Å². The van der Waals surface area contributed by atoms with Gasteiger partial charge in [-0.1, -0.05) is 45.0 Å². The fourth-order valence-electron chi connectivity index (χ4n) is 4.76. The Hall–Kier alpha value is -3.17. The van der Waals surface area contributed by atoms with Gasteiger partial charge in [0.25, 0.3) is 0 Å². The number of carbonyl (C=O) groups is 2. The van der Waals surface area contributed by atoms with Crippen molar-refractivity contribution in [1.29, 1.82) is 0 Å². The number of fused-ring (bicyclic) bond motifs is 1. The van der Waals surface area contributed by atoms with Crippen LogP contribution in [0.15, 0.2) is 42.5 Å². The number of aromatic nitrogens is 2. The first-order valence-corrected chi connectivity index (χ1v) is 14.2. The van der Waals surface area contributed by atoms with E-state index in [1.54, 1.807) is 11.0 Å². The van der Waals surface area contributed by atoms with Gasteiger partial charge in [0, 0.05) is 24.1 Å². The minimum atomic E-state index is -0.383. The molecule has 9 heteroatoms. The van der Waals surface area contributed by atoms with Crippen molar-refractivity contribution in [2.75, 3.05) is 44.4 Å². The second-order valence-electron chi connectivity index (χ2n) is 11.3. The molecule has 0 spiro atoms. The lowest BCUT2D eigenvalue weighted by atomic mass is 9.87. The number of benzene rings is 2. The van der Waals surface area contributed by atoms with Crippen LogP contribution in [0.4, 0.5) is 10.2 Å². The molecule has 0 unspecified atom stereocenters. The molecule has 1 aliphatic heterocycles. The summed E-state index contributed by atoms with van der Waals surface area (Å²) in [6, 6.07) is 12.5. The molecule has 0 bridgehead atoms. The summed E-state index contributed by atoms with van der Waals surface area (Å²) in [4.78, 5) is 30.4. The molecule has 2 heterocycles. The number of aryl methyl sites for hydroxylation is 1. The molecule has 208 valence electrons. The maximum Gasteiger partial charge on any atom is 0.240 e. The van der Waals surface area contributed by atoms with E-state index < -0.39 is 0 Å². The summed E-state index contributed by atoms with van der Waals surface area (Å²) in [5.74, 6) is -0.0366. The van der Waals surface area contributed by atoms with Crippen molar-refractivity contribution in [3.8, 4) is 5.69 Å². The number of hydrogen-bond donors (Lipinski definition) is 1. The van der Waals surface area contributed by atoms with Gasteiger partial charge in [0.1, 0.15) is 18.2 Å². The average Bonchev–Trinajstić information content (AvgIpc) is 3.18. The van der Waals surface area contributed by atoms with Crippen LogP contribution in [0.25, 0.3) is 5.69 Å². The molecule has 1 N–H and O–H groups in total. The van der Waals surface area contributed by atoms with Crippen LogP contribution in [0.1, 0.15) is 54.0 Å². The van der Waals surface area contributed by atoms with Gasteiger partial charge in [-0.3, -0.25) is 14.5 Å². The Morgan fingerprint density at radius 1 is 1.18 bits per heavy atom. The highest BCUT2D eigenvalue weighted by molar-refractivity contribution is 8.00. The Kier molecular flexibility index (Phi) is 8.51. The van der Waals surface area contributed by atoms with E-state index in [1.807, 2.05) is 61.8 Å². The number of amides is 2. The highest BCUT2D eigenvalue weighted by atomic mass is 32.2. The smallest absolute Gasteiger partial charge is 0.240 e. The molecular weight excluding hydrogens is 513 g/mol. The third kappa shape index (κ3) is 6.20. The first kappa shape index (κ1) is 28.8. The van der Waals surface area contributed by atoms with Gasteiger partial charge in [-0.05, 0) is 62.8 Å². The van der Waals surface area contributed by atoms with E-state index in [4.69, 9.17) is 5.10 Å². The van der Waals surface area contributed by atoms with Gasteiger partial charge in [0.2, 0.25) is 11.8 Å². The van der Waals surface area contributed by atoms with Crippen molar-refractivity contribution in [3.05, 3.63) is 76.2 Å². The van der Waals surface area contributed by atoms with Crippen molar-refractivity contribution < 1.29 is 14.0 Å². The minimum Gasteiger partial charge on any atom is -0.353 e. The number of thioether (sulfide) groups is 1.